The van der Waals surface area contributed by atoms with Gasteiger partial charge in [0.25, 0.3) is 0 Å². The molecule has 18 heavy (non-hydrogen) atoms. The van der Waals surface area contributed by atoms with E-state index < -0.39 is 0 Å². The first-order chi connectivity index (χ1) is 8.74. The van der Waals surface area contributed by atoms with E-state index in [1.165, 1.54) is 53.5 Å². The maximum atomic E-state index is 4.74. The van der Waals surface area contributed by atoms with E-state index in [9.17, 15) is 0 Å². The van der Waals surface area contributed by atoms with Gasteiger partial charge in [0.15, 0.2) is 0 Å². The first-order valence-electron chi connectivity index (χ1n) is 7.48. The lowest BCUT2D eigenvalue weighted by Gasteiger charge is -2.06. The van der Waals surface area contributed by atoms with Crippen LogP contribution in [0.15, 0.2) is 0 Å². The summed E-state index contributed by atoms with van der Waals surface area (Å²) in [7, 11) is 0. The van der Waals surface area contributed by atoms with Crippen molar-refractivity contribution in [3.63, 3.8) is 0 Å². The number of halogens is 1. The lowest BCUT2D eigenvalue weighted by atomic mass is 10.1. The van der Waals surface area contributed by atoms with Gasteiger partial charge < -0.3 is 0 Å². The van der Waals surface area contributed by atoms with E-state index in [4.69, 9.17) is 5.10 Å². The zero-order chi connectivity index (χ0) is 13.4. The highest BCUT2D eigenvalue weighted by Crippen LogP contribution is 2.19. The molecule has 0 bridgehead atoms. The molecule has 0 fully saturated rings. The minimum absolute atomic E-state index is 1.05. The molecule has 0 saturated heterocycles. The smallest absolute Gasteiger partial charge is 0.0758 e. The van der Waals surface area contributed by atoms with Crippen molar-refractivity contribution in [1.82, 2.24) is 9.78 Å². The van der Waals surface area contributed by atoms with E-state index >= 15 is 0 Å². The first-order valence-corrected chi connectivity index (χ1v) is 8.56. The van der Waals surface area contributed by atoms with Crippen LogP contribution in [0.4, 0.5) is 0 Å². The van der Waals surface area contributed by atoms with Gasteiger partial charge in [0.1, 0.15) is 0 Å². The Morgan fingerprint density at radius 3 is 2.22 bits per heavy atom. The average molecular weight is 362 g/mol. The molecule has 0 atom stereocenters. The molecule has 0 aliphatic rings. The number of rotatable bonds is 9. The number of nitrogens with zero attached hydrogens (tertiary/aromatic N) is 2. The Hall–Kier alpha value is -0.0600. The van der Waals surface area contributed by atoms with Gasteiger partial charge in [-0.3, -0.25) is 4.68 Å². The number of unbranched alkanes of at least 4 members (excludes halogenated alkanes) is 5. The highest BCUT2D eigenvalue weighted by Gasteiger charge is 2.12. The molecular weight excluding hydrogens is 335 g/mol. The molecule has 1 aromatic heterocycles. The van der Waals surface area contributed by atoms with Crippen molar-refractivity contribution in [1.29, 1.82) is 0 Å². The number of aromatic nitrogens is 2. The molecule has 0 radical (unpaired) electrons. The summed E-state index contributed by atoms with van der Waals surface area (Å²) in [6, 6.07) is 0. The lowest BCUT2D eigenvalue weighted by molar-refractivity contribution is 0.512. The molecular formula is C15H27IN2. The van der Waals surface area contributed by atoms with Crippen LogP contribution in [-0.4, -0.2) is 9.78 Å². The van der Waals surface area contributed by atoms with Crippen molar-refractivity contribution in [2.45, 2.75) is 78.7 Å². The summed E-state index contributed by atoms with van der Waals surface area (Å²) in [4.78, 5) is 0. The van der Waals surface area contributed by atoms with Gasteiger partial charge in [0, 0.05) is 6.54 Å². The van der Waals surface area contributed by atoms with Crippen LogP contribution < -0.4 is 0 Å². The summed E-state index contributed by atoms with van der Waals surface area (Å²) in [5.74, 6) is 0. The fourth-order valence-corrected chi connectivity index (χ4v) is 3.47. The van der Waals surface area contributed by atoms with Crippen LogP contribution in [0, 0.1) is 3.57 Å². The Bertz CT molecular complexity index is 345. The fourth-order valence-electron chi connectivity index (χ4n) is 2.32. The van der Waals surface area contributed by atoms with E-state index in [-0.39, 0.29) is 0 Å². The molecule has 104 valence electrons. The van der Waals surface area contributed by atoms with Crippen LogP contribution in [0.1, 0.15) is 70.7 Å². The molecule has 0 saturated carbocycles. The van der Waals surface area contributed by atoms with Gasteiger partial charge >= 0.3 is 0 Å². The Labute approximate surface area is 126 Å². The molecule has 0 aliphatic carbocycles. The monoisotopic (exact) mass is 362 g/mol. The summed E-state index contributed by atoms with van der Waals surface area (Å²) in [6.45, 7) is 7.80. The van der Waals surface area contributed by atoms with Crippen LogP contribution >= 0.6 is 22.6 Å². The topological polar surface area (TPSA) is 17.8 Å². The second-order valence-electron chi connectivity index (χ2n) is 4.91. The van der Waals surface area contributed by atoms with Gasteiger partial charge in [-0.1, -0.05) is 52.9 Å². The van der Waals surface area contributed by atoms with Gasteiger partial charge in [0.2, 0.25) is 0 Å². The van der Waals surface area contributed by atoms with Crippen molar-refractivity contribution in [3.8, 4) is 0 Å². The van der Waals surface area contributed by atoms with E-state index in [2.05, 4.69) is 48.0 Å². The molecule has 2 nitrogen and oxygen atoms in total. The van der Waals surface area contributed by atoms with Crippen LogP contribution in [0.3, 0.4) is 0 Å². The molecule has 0 spiro atoms. The first kappa shape index (κ1) is 16.0. The molecule has 0 aliphatic heterocycles. The lowest BCUT2D eigenvalue weighted by Crippen LogP contribution is -2.05. The summed E-state index contributed by atoms with van der Waals surface area (Å²) < 4.78 is 3.64. The van der Waals surface area contributed by atoms with E-state index in [0.717, 1.165) is 19.4 Å². The third kappa shape index (κ3) is 4.56. The third-order valence-electron chi connectivity index (χ3n) is 3.45. The molecule has 0 unspecified atom stereocenters. The minimum Gasteiger partial charge on any atom is -0.268 e. The third-order valence-corrected chi connectivity index (χ3v) is 4.70. The second-order valence-corrected chi connectivity index (χ2v) is 5.98. The van der Waals surface area contributed by atoms with E-state index in [1.54, 1.807) is 0 Å². The second kappa shape index (κ2) is 8.94. The summed E-state index contributed by atoms with van der Waals surface area (Å²) in [5, 5.41) is 4.74. The summed E-state index contributed by atoms with van der Waals surface area (Å²) in [6.07, 6.45) is 10.3. The Morgan fingerprint density at radius 2 is 1.61 bits per heavy atom. The quantitative estimate of drug-likeness (QED) is 0.448. The Balaban J connectivity index is 2.41. The van der Waals surface area contributed by atoms with Crippen molar-refractivity contribution in [3.05, 3.63) is 15.0 Å². The van der Waals surface area contributed by atoms with E-state index in [0.29, 0.717) is 0 Å². The fraction of sp³-hybridized carbons (Fsp3) is 0.800. The highest BCUT2D eigenvalue weighted by molar-refractivity contribution is 14.1. The Kier molecular flexibility index (Phi) is 7.95. The van der Waals surface area contributed by atoms with E-state index in [1.807, 2.05) is 0 Å². The standard InChI is InChI=1S/C15H27IN2/c1-4-7-8-9-10-11-12-18-14(6-3)15(16)13(5-2)17-18/h4-12H2,1-3H3. The summed E-state index contributed by atoms with van der Waals surface area (Å²) in [5.41, 5.74) is 2.71. The predicted molar refractivity (Wildman–Crippen MR) is 87.1 cm³/mol. The van der Waals surface area contributed by atoms with Crippen LogP contribution in [0.5, 0.6) is 0 Å². The summed E-state index contributed by atoms with van der Waals surface area (Å²) >= 11 is 2.46. The zero-order valence-corrected chi connectivity index (χ0v) is 14.3. The van der Waals surface area contributed by atoms with Crippen molar-refractivity contribution in [2.24, 2.45) is 0 Å². The SMILES string of the molecule is CCCCCCCCn1nc(CC)c(I)c1CC. The zero-order valence-electron chi connectivity index (χ0n) is 12.1. The van der Waals surface area contributed by atoms with Crippen LogP contribution in [0.25, 0.3) is 0 Å². The number of aryl methyl sites for hydroxylation is 2. The van der Waals surface area contributed by atoms with Gasteiger partial charge in [-0.25, -0.2) is 0 Å². The van der Waals surface area contributed by atoms with Crippen LogP contribution in [-0.2, 0) is 19.4 Å². The maximum absolute atomic E-state index is 4.74. The Morgan fingerprint density at radius 1 is 0.944 bits per heavy atom. The molecule has 0 N–H and O–H groups in total. The number of hydrogen-bond acceptors (Lipinski definition) is 1. The molecule has 1 aromatic rings. The molecule has 1 rings (SSSR count). The van der Waals surface area contributed by atoms with Gasteiger partial charge in [-0.15, -0.1) is 0 Å². The largest absolute Gasteiger partial charge is 0.268 e. The van der Waals surface area contributed by atoms with Crippen molar-refractivity contribution in [2.75, 3.05) is 0 Å². The minimum atomic E-state index is 1.05. The molecule has 0 aromatic carbocycles. The maximum Gasteiger partial charge on any atom is 0.0758 e. The van der Waals surface area contributed by atoms with Crippen molar-refractivity contribution >= 4 is 22.6 Å². The number of hydrogen-bond donors (Lipinski definition) is 0. The van der Waals surface area contributed by atoms with Gasteiger partial charge in [-0.05, 0) is 41.9 Å². The molecule has 1 heterocycles. The van der Waals surface area contributed by atoms with Gasteiger partial charge in [-0.2, -0.15) is 5.10 Å². The van der Waals surface area contributed by atoms with Crippen LogP contribution in [0.2, 0.25) is 0 Å². The normalized spacial score (nSPS) is 11.1. The highest BCUT2D eigenvalue weighted by atomic mass is 127. The molecule has 0 amide bonds. The van der Waals surface area contributed by atoms with Gasteiger partial charge in [0.05, 0.1) is 15.0 Å². The average Bonchev–Trinajstić information content (AvgIpc) is 2.69. The molecule has 3 heteroatoms. The predicted octanol–water partition coefficient (Wildman–Crippen LogP) is 4.97. The van der Waals surface area contributed by atoms with Crippen molar-refractivity contribution < 1.29 is 0 Å².